The molecule has 1 amide bonds. The lowest BCUT2D eigenvalue weighted by Crippen LogP contribution is -2.27. The van der Waals surface area contributed by atoms with Crippen LogP contribution < -0.4 is 5.32 Å². The Kier molecular flexibility index (Phi) is 5.14. The molecule has 25 heavy (non-hydrogen) atoms. The highest BCUT2D eigenvalue weighted by Crippen LogP contribution is 2.29. The van der Waals surface area contributed by atoms with E-state index in [0.29, 0.717) is 12.1 Å². The highest BCUT2D eigenvalue weighted by Gasteiger charge is 2.09. The summed E-state index contributed by atoms with van der Waals surface area (Å²) in [5, 5.41) is 3.89. The van der Waals surface area contributed by atoms with Gasteiger partial charge in [-0.05, 0) is 63.0 Å². The van der Waals surface area contributed by atoms with Crippen molar-refractivity contribution in [1.82, 2.24) is 15.2 Å². The van der Waals surface area contributed by atoms with Gasteiger partial charge in [-0.2, -0.15) is 0 Å². The fourth-order valence-corrected chi connectivity index (χ4v) is 2.84. The van der Waals surface area contributed by atoms with E-state index < -0.39 is 0 Å². The fraction of sp³-hybridized carbons (Fsp3) is 0.250. The first kappa shape index (κ1) is 17.2. The van der Waals surface area contributed by atoms with Crippen molar-refractivity contribution in [2.45, 2.75) is 6.42 Å². The summed E-state index contributed by atoms with van der Waals surface area (Å²) in [7, 11) is 4.03. The van der Waals surface area contributed by atoms with Gasteiger partial charge >= 0.3 is 0 Å². The Balaban J connectivity index is 1.70. The zero-order valence-electron chi connectivity index (χ0n) is 14.5. The number of carbonyl (C=O) groups excluding carboxylic acids is 1. The van der Waals surface area contributed by atoms with Gasteiger partial charge in [-0.1, -0.05) is 12.1 Å². The number of benzene rings is 2. The van der Waals surface area contributed by atoms with Crippen molar-refractivity contribution in [3.63, 3.8) is 0 Å². The number of nitrogens with one attached hydrogen (secondary N) is 2. The maximum absolute atomic E-state index is 13.3. The number of aromatic nitrogens is 1. The molecule has 0 aliphatic carbocycles. The topological polar surface area (TPSA) is 48.1 Å². The first-order valence-corrected chi connectivity index (χ1v) is 8.34. The molecule has 0 saturated heterocycles. The number of fused-ring (bicyclic) bond motifs is 1. The molecular weight excluding hydrogens is 317 g/mol. The lowest BCUT2D eigenvalue weighted by atomic mass is 10.0. The Hall–Kier alpha value is -2.66. The van der Waals surface area contributed by atoms with Gasteiger partial charge in [0, 0.05) is 34.8 Å². The molecular formula is C20H22FN3O. The average molecular weight is 339 g/mol. The molecule has 4 nitrogen and oxygen atoms in total. The normalized spacial score (nSPS) is 11.2. The summed E-state index contributed by atoms with van der Waals surface area (Å²) >= 11 is 0. The molecule has 130 valence electrons. The number of amides is 1. The number of H-pyrrole nitrogens is 1. The van der Waals surface area contributed by atoms with E-state index in [1.54, 1.807) is 6.07 Å². The Labute approximate surface area is 146 Å². The van der Waals surface area contributed by atoms with Crippen LogP contribution in [0.3, 0.4) is 0 Å². The number of carbonyl (C=O) groups is 1. The highest BCUT2D eigenvalue weighted by molar-refractivity contribution is 5.97. The molecule has 2 aromatic carbocycles. The lowest BCUT2D eigenvalue weighted by Gasteiger charge is -2.10. The van der Waals surface area contributed by atoms with Gasteiger partial charge in [-0.3, -0.25) is 4.79 Å². The lowest BCUT2D eigenvalue weighted by molar-refractivity contribution is 0.0952. The average Bonchev–Trinajstić information content (AvgIpc) is 3.01. The maximum Gasteiger partial charge on any atom is 0.251 e. The predicted molar refractivity (Wildman–Crippen MR) is 99.2 cm³/mol. The van der Waals surface area contributed by atoms with Crippen LogP contribution in [0.4, 0.5) is 4.39 Å². The third-order valence-corrected chi connectivity index (χ3v) is 4.17. The molecule has 2 N–H and O–H groups in total. The molecule has 0 atom stereocenters. The van der Waals surface area contributed by atoms with Crippen molar-refractivity contribution in [3.05, 3.63) is 60.0 Å². The number of hydrogen-bond donors (Lipinski definition) is 2. The number of rotatable bonds is 6. The SMILES string of the molecule is CN(C)CCCNC(=O)c1ccc(-c2c[nH]c3cc(F)ccc23)cc1. The summed E-state index contributed by atoms with van der Waals surface area (Å²) in [5.74, 6) is -0.325. The minimum atomic E-state index is -0.262. The summed E-state index contributed by atoms with van der Waals surface area (Å²) in [6.45, 7) is 1.60. The summed E-state index contributed by atoms with van der Waals surface area (Å²) in [5.41, 5.74) is 3.38. The zero-order valence-corrected chi connectivity index (χ0v) is 14.5. The van der Waals surface area contributed by atoms with Gasteiger partial charge in [0.1, 0.15) is 5.82 Å². The monoisotopic (exact) mass is 339 g/mol. The van der Waals surface area contributed by atoms with E-state index in [0.717, 1.165) is 35.0 Å². The second kappa shape index (κ2) is 7.49. The molecule has 3 rings (SSSR count). The standard InChI is InChI=1S/C20H22FN3O/c1-24(2)11-3-10-22-20(25)15-6-4-14(5-7-15)18-13-23-19-12-16(21)8-9-17(18)19/h4-9,12-13,23H,3,10-11H2,1-2H3,(H,22,25). The van der Waals surface area contributed by atoms with Gasteiger partial charge in [0.25, 0.3) is 5.91 Å². The van der Waals surface area contributed by atoms with Gasteiger partial charge in [0.15, 0.2) is 0 Å². The van der Waals surface area contributed by atoms with Crippen LogP contribution in [0.2, 0.25) is 0 Å². The van der Waals surface area contributed by atoms with E-state index >= 15 is 0 Å². The summed E-state index contributed by atoms with van der Waals surface area (Å²) in [6.07, 6.45) is 2.78. The number of halogens is 1. The molecule has 0 fully saturated rings. The van der Waals surface area contributed by atoms with Crippen LogP contribution in [-0.4, -0.2) is 43.0 Å². The number of hydrogen-bond acceptors (Lipinski definition) is 2. The molecule has 0 aliphatic rings. The second-order valence-corrected chi connectivity index (χ2v) is 6.38. The predicted octanol–water partition coefficient (Wildman–Crippen LogP) is 3.66. The van der Waals surface area contributed by atoms with Crippen LogP contribution in [-0.2, 0) is 0 Å². The molecule has 1 aromatic heterocycles. The number of aromatic amines is 1. The van der Waals surface area contributed by atoms with Gasteiger partial charge in [0.05, 0.1) is 0 Å². The van der Waals surface area contributed by atoms with Crippen LogP contribution in [0, 0.1) is 5.82 Å². The van der Waals surface area contributed by atoms with Gasteiger partial charge < -0.3 is 15.2 Å². The zero-order chi connectivity index (χ0) is 17.8. The van der Waals surface area contributed by atoms with Gasteiger partial charge in [0.2, 0.25) is 0 Å². The van der Waals surface area contributed by atoms with Crippen LogP contribution in [0.5, 0.6) is 0 Å². The highest BCUT2D eigenvalue weighted by atomic mass is 19.1. The molecule has 5 heteroatoms. The minimum Gasteiger partial charge on any atom is -0.360 e. The van der Waals surface area contributed by atoms with E-state index in [1.165, 1.54) is 12.1 Å². The largest absolute Gasteiger partial charge is 0.360 e. The van der Waals surface area contributed by atoms with Crippen LogP contribution in [0.1, 0.15) is 16.8 Å². The van der Waals surface area contributed by atoms with Gasteiger partial charge in [-0.15, -0.1) is 0 Å². The molecule has 0 spiro atoms. The molecule has 3 aromatic rings. The Morgan fingerprint density at radius 3 is 2.64 bits per heavy atom. The van der Waals surface area contributed by atoms with Crippen molar-refractivity contribution in [2.24, 2.45) is 0 Å². The van der Waals surface area contributed by atoms with E-state index in [9.17, 15) is 9.18 Å². The molecule has 1 heterocycles. The summed E-state index contributed by atoms with van der Waals surface area (Å²) in [6, 6.07) is 12.2. The van der Waals surface area contributed by atoms with Crippen molar-refractivity contribution in [3.8, 4) is 11.1 Å². The maximum atomic E-state index is 13.3. The minimum absolute atomic E-state index is 0.0636. The third kappa shape index (κ3) is 4.06. The van der Waals surface area contributed by atoms with Crippen molar-refractivity contribution in [1.29, 1.82) is 0 Å². The van der Waals surface area contributed by atoms with E-state index in [2.05, 4.69) is 15.2 Å². The molecule has 0 radical (unpaired) electrons. The van der Waals surface area contributed by atoms with E-state index in [1.807, 2.05) is 44.6 Å². The van der Waals surface area contributed by atoms with Crippen molar-refractivity contribution >= 4 is 16.8 Å². The Bertz CT molecular complexity index is 868. The van der Waals surface area contributed by atoms with Gasteiger partial charge in [-0.25, -0.2) is 4.39 Å². The van der Waals surface area contributed by atoms with Crippen LogP contribution >= 0.6 is 0 Å². The summed E-state index contributed by atoms with van der Waals surface area (Å²) < 4.78 is 13.3. The Morgan fingerprint density at radius 1 is 1.16 bits per heavy atom. The molecule has 0 unspecified atom stereocenters. The second-order valence-electron chi connectivity index (χ2n) is 6.38. The molecule has 0 bridgehead atoms. The summed E-state index contributed by atoms with van der Waals surface area (Å²) in [4.78, 5) is 17.3. The van der Waals surface area contributed by atoms with E-state index in [4.69, 9.17) is 0 Å². The molecule has 0 aliphatic heterocycles. The number of nitrogens with zero attached hydrogens (tertiary/aromatic N) is 1. The Morgan fingerprint density at radius 2 is 1.92 bits per heavy atom. The van der Waals surface area contributed by atoms with Crippen LogP contribution in [0.25, 0.3) is 22.0 Å². The molecule has 0 saturated carbocycles. The van der Waals surface area contributed by atoms with Crippen LogP contribution in [0.15, 0.2) is 48.7 Å². The third-order valence-electron chi connectivity index (χ3n) is 4.17. The van der Waals surface area contributed by atoms with E-state index in [-0.39, 0.29) is 11.7 Å². The quantitative estimate of drug-likeness (QED) is 0.674. The van der Waals surface area contributed by atoms with Crippen molar-refractivity contribution in [2.75, 3.05) is 27.2 Å². The van der Waals surface area contributed by atoms with Crippen molar-refractivity contribution < 1.29 is 9.18 Å². The fourth-order valence-electron chi connectivity index (χ4n) is 2.84. The first-order valence-electron chi connectivity index (χ1n) is 8.34. The first-order chi connectivity index (χ1) is 12.0. The smallest absolute Gasteiger partial charge is 0.251 e.